The van der Waals surface area contributed by atoms with E-state index in [2.05, 4.69) is 43.0 Å². The standard InChI is InChI=1S/C21H27N7/c1-17-8-11-26(15-20(17)27-13-10-23-16-27)21(22-2)24-14-18-9-12-28(25-18)19-6-4-3-5-7-19/h3-7,9-10,12-13,16-17,20H,8,11,14-15H2,1-2H3,(H,22,24). The molecule has 1 aliphatic heterocycles. The van der Waals surface area contributed by atoms with Crippen molar-refractivity contribution in [1.82, 2.24) is 29.5 Å². The first kappa shape index (κ1) is 18.3. The van der Waals surface area contributed by atoms with Gasteiger partial charge in [-0.3, -0.25) is 4.99 Å². The van der Waals surface area contributed by atoms with Gasteiger partial charge in [-0.2, -0.15) is 5.10 Å². The molecule has 3 heterocycles. The number of aliphatic imine (C=N–C) groups is 1. The van der Waals surface area contributed by atoms with Crippen LogP contribution in [-0.2, 0) is 6.54 Å². The lowest BCUT2D eigenvalue weighted by molar-refractivity contribution is 0.189. The van der Waals surface area contributed by atoms with E-state index in [0.29, 0.717) is 18.5 Å². The number of guanidine groups is 1. The molecule has 28 heavy (non-hydrogen) atoms. The van der Waals surface area contributed by atoms with Gasteiger partial charge in [-0.25, -0.2) is 9.67 Å². The van der Waals surface area contributed by atoms with Gasteiger partial charge >= 0.3 is 0 Å². The summed E-state index contributed by atoms with van der Waals surface area (Å²) in [5, 5.41) is 8.14. The maximum Gasteiger partial charge on any atom is 0.194 e. The molecule has 2 aromatic heterocycles. The monoisotopic (exact) mass is 377 g/mol. The lowest BCUT2D eigenvalue weighted by Gasteiger charge is -2.39. The summed E-state index contributed by atoms with van der Waals surface area (Å²) < 4.78 is 4.11. The molecule has 7 heteroatoms. The van der Waals surface area contributed by atoms with E-state index in [1.807, 2.05) is 66.8 Å². The molecule has 1 fully saturated rings. The molecule has 0 radical (unpaired) electrons. The number of likely N-dealkylation sites (tertiary alicyclic amines) is 1. The fourth-order valence-electron chi connectivity index (χ4n) is 3.78. The molecule has 1 saturated heterocycles. The van der Waals surface area contributed by atoms with Crippen LogP contribution in [0.2, 0.25) is 0 Å². The first-order chi connectivity index (χ1) is 13.7. The van der Waals surface area contributed by atoms with Crippen molar-refractivity contribution in [2.45, 2.75) is 25.9 Å². The fourth-order valence-corrected chi connectivity index (χ4v) is 3.78. The zero-order valence-electron chi connectivity index (χ0n) is 16.4. The maximum atomic E-state index is 4.67. The molecule has 0 amide bonds. The molecule has 3 aromatic rings. The molecule has 0 bridgehead atoms. The van der Waals surface area contributed by atoms with Crippen LogP contribution in [0.3, 0.4) is 0 Å². The van der Waals surface area contributed by atoms with Crippen molar-refractivity contribution in [1.29, 1.82) is 0 Å². The van der Waals surface area contributed by atoms with Gasteiger partial charge in [0.15, 0.2) is 5.96 Å². The van der Waals surface area contributed by atoms with E-state index >= 15 is 0 Å². The predicted octanol–water partition coefficient (Wildman–Crippen LogP) is 2.73. The Balaban J connectivity index is 1.39. The highest BCUT2D eigenvalue weighted by molar-refractivity contribution is 5.80. The minimum Gasteiger partial charge on any atom is -0.351 e. The normalized spacial score (nSPS) is 20.4. The molecular weight excluding hydrogens is 350 g/mol. The zero-order valence-corrected chi connectivity index (χ0v) is 16.4. The molecule has 1 aliphatic rings. The van der Waals surface area contributed by atoms with Gasteiger partial charge in [-0.05, 0) is 30.5 Å². The number of rotatable bonds is 4. The quantitative estimate of drug-likeness (QED) is 0.561. The topological polar surface area (TPSA) is 63.3 Å². The van der Waals surface area contributed by atoms with Crippen molar-refractivity contribution in [3.8, 4) is 5.69 Å². The first-order valence-corrected chi connectivity index (χ1v) is 9.77. The summed E-state index contributed by atoms with van der Waals surface area (Å²) >= 11 is 0. The highest BCUT2D eigenvalue weighted by atomic mass is 15.3. The summed E-state index contributed by atoms with van der Waals surface area (Å²) in [6.07, 6.45) is 8.94. The van der Waals surface area contributed by atoms with Crippen LogP contribution in [0.5, 0.6) is 0 Å². The van der Waals surface area contributed by atoms with E-state index in [-0.39, 0.29) is 0 Å². The average Bonchev–Trinajstić information content (AvgIpc) is 3.42. The molecule has 4 rings (SSSR count). The Labute approximate surface area is 165 Å². The van der Waals surface area contributed by atoms with Gasteiger partial charge in [0.25, 0.3) is 0 Å². The zero-order chi connectivity index (χ0) is 19.3. The number of imidazole rings is 1. The minimum absolute atomic E-state index is 0.409. The van der Waals surface area contributed by atoms with Crippen LogP contribution in [-0.4, -0.2) is 50.3 Å². The average molecular weight is 377 g/mol. The number of nitrogens with zero attached hydrogens (tertiary/aromatic N) is 6. The summed E-state index contributed by atoms with van der Waals surface area (Å²) in [6, 6.07) is 12.6. The van der Waals surface area contributed by atoms with Crippen LogP contribution in [0.15, 0.2) is 66.3 Å². The number of hydrogen-bond acceptors (Lipinski definition) is 3. The molecular formula is C21H27N7. The van der Waals surface area contributed by atoms with E-state index in [4.69, 9.17) is 0 Å². The number of benzene rings is 1. The highest BCUT2D eigenvalue weighted by Gasteiger charge is 2.28. The van der Waals surface area contributed by atoms with Crippen molar-refractivity contribution in [2.24, 2.45) is 10.9 Å². The van der Waals surface area contributed by atoms with Crippen LogP contribution in [0.4, 0.5) is 0 Å². The van der Waals surface area contributed by atoms with E-state index in [1.165, 1.54) is 0 Å². The second-order valence-electron chi connectivity index (χ2n) is 7.28. The van der Waals surface area contributed by atoms with Crippen molar-refractivity contribution >= 4 is 5.96 Å². The number of nitrogens with one attached hydrogen (secondary N) is 1. The van der Waals surface area contributed by atoms with Crippen LogP contribution >= 0.6 is 0 Å². The Kier molecular flexibility index (Phi) is 5.41. The van der Waals surface area contributed by atoms with E-state index in [1.54, 1.807) is 0 Å². The van der Waals surface area contributed by atoms with Gasteiger partial charge in [-0.15, -0.1) is 0 Å². The minimum atomic E-state index is 0.409. The van der Waals surface area contributed by atoms with Crippen molar-refractivity contribution in [2.75, 3.05) is 20.1 Å². The summed E-state index contributed by atoms with van der Waals surface area (Å²) in [5.41, 5.74) is 2.05. The van der Waals surface area contributed by atoms with E-state index in [9.17, 15) is 0 Å². The Morgan fingerprint density at radius 1 is 1.21 bits per heavy atom. The van der Waals surface area contributed by atoms with Crippen molar-refractivity contribution in [3.05, 3.63) is 67.0 Å². The van der Waals surface area contributed by atoms with Gasteiger partial charge < -0.3 is 14.8 Å². The Hall–Kier alpha value is -3.09. The molecule has 0 aliphatic carbocycles. The van der Waals surface area contributed by atoms with Crippen LogP contribution in [0.1, 0.15) is 25.1 Å². The van der Waals surface area contributed by atoms with Crippen LogP contribution in [0, 0.1) is 5.92 Å². The Morgan fingerprint density at radius 3 is 2.82 bits per heavy atom. The van der Waals surface area contributed by atoms with Gasteiger partial charge in [0.05, 0.1) is 30.3 Å². The lowest BCUT2D eigenvalue weighted by Crippen LogP contribution is -2.48. The van der Waals surface area contributed by atoms with E-state index in [0.717, 1.165) is 36.9 Å². The molecule has 1 N–H and O–H groups in total. The highest BCUT2D eigenvalue weighted by Crippen LogP contribution is 2.27. The molecule has 0 spiro atoms. The van der Waals surface area contributed by atoms with E-state index < -0.39 is 0 Å². The second kappa shape index (κ2) is 8.29. The molecule has 2 unspecified atom stereocenters. The summed E-state index contributed by atoms with van der Waals surface area (Å²) in [7, 11) is 1.84. The second-order valence-corrected chi connectivity index (χ2v) is 7.28. The Bertz CT molecular complexity index is 898. The number of hydrogen-bond donors (Lipinski definition) is 1. The largest absolute Gasteiger partial charge is 0.351 e. The summed E-state index contributed by atoms with van der Waals surface area (Å²) in [5.74, 6) is 1.54. The molecule has 0 saturated carbocycles. The predicted molar refractivity (Wildman–Crippen MR) is 110 cm³/mol. The third kappa shape index (κ3) is 3.93. The molecule has 1 aromatic carbocycles. The Morgan fingerprint density at radius 2 is 2.07 bits per heavy atom. The number of para-hydroxylation sites is 1. The maximum absolute atomic E-state index is 4.67. The fraction of sp³-hybridized carbons (Fsp3) is 0.381. The van der Waals surface area contributed by atoms with Crippen LogP contribution in [0.25, 0.3) is 5.69 Å². The van der Waals surface area contributed by atoms with Crippen molar-refractivity contribution in [3.63, 3.8) is 0 Å². The third-order valence-corrected chi connectivity index (χ3v) is 5.43. The molecule has 7 nitrogen and oxygen atoms in total. The summed E-state index contributed by atoms with van der Waals surface area (Å²) in [4.78, 5) is 11.0. The van der Waals surface area contributed by atoms with Gasteiger partial charge in [0.1, 0.15) is 0 Å². The van der Waals surface area contributed by atoms with Gasteiger partial charge in [0.2, 0.25) is 0 Å². The number of piperidine rings is 1. The third-order valence-electron chi connectivity index (χ3n) is 5.43. The van der Waals surface area contributed by atoms with Crippen molar-refractivity contribution < 1.29 is 0 Å². The molecule has 146 valence electrons. The lowest BCUT2D eigenvalue weighted by atomic mass is 9.93. The van der Waals surface area contributed by atoms with Gasteiger partial charge in [-0.1, -0.05) is 25.1 Å². The SMILES string of the molecule is CN=C(NCc1ccn(-c2ccccc2)n1)N1CCC(C)C(n2ccnc2)C1. The first-order valence-electron chi connectivity index (χ1n) is 9.77. The molecule has 2 atom stereocenters. The number of aromatic nitrogens is 4. The van der Waals surface area contributed by atoms with Gasteiger partial charge in [0, 0.05) is 38.7 Å². The van der Waals surface area contributed by atoms with Crippen LogP contribution < -0.4 is 5.32 Å². The summed E-state index contributed by atoms with van der Waals surface area (Å²) in [6.45, 7) is 4.89. The smallest absolute Gasteiger partial charge is 0.194 e.